The minimum atomic E-state index is -0.476. The van der Waals surface area contributed by atoms with Crippen LogP contribution in [0.25, 0.3) is 0 Å². The molecule has 3 heterocycles. The number of unbranched alkanes of at least 4 members (excludes halogenated alkanes) is 1. The molecule has 0 saturated heterocycles. The molecule has 0 fully saturated rings. The highest BCUT2D eigenvalue weighted by molar-refractivity contribution is 7.06. The van der Waals surface area contributed by atoms with Crippen LogP contribution >= 0.6 is 11.5 Å². The van der Waals surface area contributed by atoms with Crippen molar-refractivity contribution < 1.29 is 19.1 Å². The summed E-state index contributed by atoms with van der Waals surface area (Å²) in [6.45, 7) is 7.74. The van der Waals surface area contributed by atoms with Crippen molar-refractivity contribution in [3.05, 3.63) is 64.1 Å². The third-order valence-corrected chi connectivity index (χ3v) is 5.82. The number of aryl methyl sites for hydroxylation is 1. The molecule has 0 aliphatic carbocycles. The molecule has 0 radical (unpaired) electrons. The van der Waals surface area contributed by atoms with E-state index < -0.39 is 5.60 Å². The second-order valence-electron chi connectivity index (χ2n) is 9.12. The number of ether oxygens (including phenoxy) is 2. The van der Waals surface area contributed by atoms with Crippen LogP contribution in [0.3, 0.4) is 0 Å². The highest BCUT2D eigenvalue weighted by atomic mass is 32.1. The SMILES string of the molecule is Cc1nsc(Cc2cc(C#N)ccn2)c1C(=O)Nc1ccc(OCCCCC(=O)OC(C)(C)C)nc1. The zero-order valence-electron chi connectivity index (χ0n) is 20.8. The molecule has 0 bridgehead atoms. The number of hydrogen-bond acceptors (Lipinski definition) is 9. The lowest BCUT2D eigenvalue weighted by molar-refractivity contribution is -0.154. The molecule has 10 heteroatoms. The summed E-state index contributed by atoms with van der Waals surface area (Å²) in [4.78, 5) is 34.0. The van der Waals surface area contributed by atoms with Crippen LogP contribution in [0.15, 0.2) is 36.7 Å². The Labute approximate surface area is 214 Å². The summed E-state index contributed by atoms with van der Waals surface area (Å²) in [5, 5.41) is 12.0. The molecule has 3 rings (SSSR count). The summed E-state index contributed by atoms with van der Waals surface area (Å²) in [6.07, 6.45) is 5.22. The van der Waals surface area contributed by atoms with Gasteiger partial charge in [0.15, 0.2) is 0 Å². The summed E-state index contributed by atoms with van der Waals surface area (Å²) in [7, 11) is 0. The molecule has 3 aromatic rings. The molecule has 9 nitrogen and oxygen atoms in total. The fourth-order valence-corrected chi connectivity index (χ4v) is 4.19. The van der Waals surface area contributed by atoms with E-state index in [1.165, 1.54) is 17.7 Å². The van der Waals surface area contributed by atoms with Crippen molar-refractivity contribution in [3.8, 4) is 11.9 Å². The molecule has 36 heavy (non-hydrogen) atoms. The standard InChI is InChI=1S/C26H29N5O4S/c1-17-24(21(36-31-17)14-20-13-18(15-27)10-11-28-20)25(33)30-19-8-9-22(29-16-19)34-12-6-5-7-23(32)35-26(2,3)4/h8-11,13,16H,5-7,12,14H2,1-4H3,(H,30,33). The maximum absolute atomic E-state index is 13.0. The zero-order chi connectivity index (χ0) is 26.1. The van der Waals surface area contributed by atoms with Crippen molar-refractivity contribution in [2.45, 2.75) is 59.0 Å². The van der Waals surface area contributed by atoms with Crippen LogP contribution in [0.1, 0.15) is 72.2 Å². The number of aromatic nitrogens is 3. The molecule has 0 atom stereocenters. The first-order valence-corrected chi connectivity index (χ1v) is 12.3. The minimum absolute atomic E-state index is 0.216. The Morgan fingerprint density at radius 2 is 1.97 bits per heavy atom. The maximum atomic E-state index is 13.0. The maximum Gasteiger partial charge on any atom is 0.306 e. The van der Waals surface area contributed by atoms with Crippen molar-refractivity contribution in [1.82, 2.24) is 14.3 Å². The molecular weight excluding hydrogens is 478 g/mol. The van der Waals surface area contributed by atoms with E-state index in [2.05, 4.69) is 25.7 Å². The van der Waals surface area contributed by atoms with Crippen LogP contribution in [0.2, 0.25) is 0 Å². The van der Waals surface area contributed by atoms with E-state index in [1.807, 2.05) is 20.8 Å². The van der Waals surface area contributed by atoms with Crippen LogP contribution < -0.4 is 10.1 Å². The van der Waals surface area contributed by atoms with Crippen LogP contribution in [0.5, 0.6) is 5.88 Å². The average molecular weight is 508 g/mol. The van der Waals surface area contributed by atoms with Gasteiger partial charge in [-0.25, -0.2) is 4.98 Å². The van der Waals surface area contributed by atoms with Gasteiger partial charge in [0.25, 0.3) is 5.91 Å². The fourth-order valence-electron chi connectivity index (χ4n) is 3.31. The quantitative estimate of drug-likeness (QED) is 0.305. The van der Waals surface area contributed by atoms with Crippen molar-refractivity contribution in [2.75, 3.05) is 11.9 Å². The number of carbonyl (C=O) groups is 2. The van der Waals surface area contributed by atoms with Crippen molar-refractivity contribution in [2.24, 2.45) is 0 Å². The van der Waals surface area contributed by atoms with Crippen LogP contribution in [-0.4, -0.2) is 38.4 Å². The Balaban J connectivity index is 1.51. The Hall–Kier alpha value is -3.84. The number of nitrogens with one attached hydrogen (secondary N) is 1. The third-order valence-electron chi connectivity index (χ3n) is 4.89. The van der Waals surface area contributed by atoms with Crippen molar-refractivity contribution in [1.29, 1.82) is 5.26 Å². The molecule has 188 valence electrons. The van der Waals surface area contributed by atoms with Crippen molar-refractivity contribution >= 4 is 29.1 Å². The molecular formula is C26H29N5O4S. The van der Waals surface area contributed by atoms with Crippen LogP contribution in [-0.2, 0) is 16.0 Å². The molecule has 1 amide bonds. The molecule has 0 saturated carbocycles. The molecule has 0 unspecified atom stereocenters. The number of carbonyl (C=O) groups excluding carboxylic acids is 2. The lowest BCUT2D eigenvalue weighted by atomic mass is 10.1. The number of nitriles is 1. The van der Waals surface area contributed by atoms with E-state index in [0.29, 0.717) is 66.4 Å². The molecule has 0 spiro atoms. The minimum Gasteiger partial charge on any atom is -0.478 e. The topological polar surface area (TPSA) is 127 Å². The van der Waals surface area contributed by atoms with Crippen LogP contribution in [0, 0.1) is 18.3 Å². The average Bonchev–Trinajstić information content (AvgIpc) is 3.18. The van der Waals surface area contributed by atoms with E-state index >= 15 is 0 Å². The van der Waals surface area contributed by atoms with E-state index in [-0.39, 0.29) is 11.9 Å². The van der Waals surface area contributed by atoms with Gasteiger partial charge in [-0.1, -0.05) is 0 Å². The Morgan fingerprint density at radius 1 is 1.17 bits per heavy atom. The Kier molecular flexibility index (Phi) is 9.08. The van der Waals surface area contributed by atoms with Gasteiger partial charge < -0.3 is 14.8 Å². The van der Waals surface area contributed by atoms with E-state index in [9.17, 15) is 9.59 Å². The van der Waals surface area contributed by atoms with Gasteiger partial charge in [0.1, 0.15) is 5.60 Å². The molecule has 0 aliphatic rings. The van der Waals surface area contributed by atoms with E-state index in [1.54, 1.807) is 37.4 Å². The van der Waals surface area contributed by atoms with Gasteiger partial charge in [-0.2, -0.15) is 9.64 Å². The van der Waals surface area contributed by atoms with E-state index in [4.69, 9.17) is 14.7 Å². The monoisotopic (exact) mass is 507 g/mol. The molecule has 3 aromatic heterocycles. The van der Waals surface area contributed by atoms with Gasteiger partial charge >= 0.3 is 5.97 Å². The number of hydrogen-bond donors (Lipinski definition) is 1. The smallest absolute Gasteiger partial charge is 0.306 e. The Bertz CT molecular complexity index is 1240. The largest absolute Gasteiger partial charge is 0.478 e. The third kappa shape index (κ3) is 8.13. The molecule has 0 aromatic carbocycles. The summed E-state index contributed by atoms with van der Waals surface area (Å²) >= 11 is 1.24. The van der Waals surface area contributed by atoms with Gasteiger partial charge in [0, 0.05) is 35.7 Å². The number of rotatable bonds is 10. The highest BCUT2D eigenvalue weighted by Gasteiger charge is 2.20. The second kappa shape index (κ2) is 12.2. The van der Waals surface area contributed by atoms with Crippen LogP contribution in [0.4, 0.5) is 5.69 Å². The second-order valence-corrected chi connectivity index (χ2v) is 9.98. The number of esters is 1. The van der Waals surface area contributed by atoms with Gasteiger partial charge in [0.2, 0.25) is 5.88 Å². The summed E-state index contributed by atoms with van der Waals surface area (Å²) < 4.78 is 15.2. The zero-order valence-corrected chi connectivity index (χ0v) is 21.6. The van der Waals surface area contributed by atoms with Gasteiger partial charge in [0.05, 0.1) is 41.4 Å². The summed E-state index contributed by atoms with van der Waals surface area (Å²) in [5.74, 6) is -0.0695. The first kappa shape index (κ1) is 26.8. The predicted molar refractivity (Wildman–Crippen MR) is 136 cm³/mol. The summed E-state index contributed by atoms with van der Waals surface area (Å²) in [6, 6.07) is 8.84. The molecule has 1 N–H and O–H groups in total. The fraction of sp³-hybridized carbons (Fsp3) is 0.385. The first-order valence-electron chi connectivity index (χ1n) is 11.6. The number of amides is 1. The molecule has 0 aliphatic heterocycles. The Morgan fingerprint density at radius 3 is 2.67 bits per heavy atom. The lowest BCUT2D eigenvalue weighted by Gasteiger charge is -2.19. The number of pyridine rings is 2. The number of nitrogens with zero attached hydrogens (tertiary/aromatic N) is 4. The lowest BCUT2D eigenvalue weighted by Crippen LogP contribution is -2.23. The van der Waals surface area contributed by atoms with Gasteiger partial charge in [-0.15, -0.1) is 0 Å². The first-order chi connectivity index (χ1) is 17.1. The number of anilines is 1. The highest BCUT2D eigenvalue weighted by Crippen LogP contribution is 2.23. The normalized spacial score (nSPS) is 11.0. The van der Waals surface area contributed by atoms with Crippen molar-refractivity contribution in [3.63, 3.8) is 0 Å². The van der Waals surface area contributed by atoms with E-state index in [0.717, 1.165) is 4.88 Å². The summed E-state index contributed by atoms with van der Waals surface area (Å²) in [5.41, 5.74) is 2.39. The predicted octanol–water partition coefficient (Wildman–Crippen LogP) is 4.85. The van der Waals surface area contributed by atoms with Gasteiger partial charge in [-0.3, -0.25) is 14.6 Å². The van der Waals surface area contributed by atoms with Gasteiger partial charge in [-0.05, 0) is 70.3 Å².